The van der Waals surface area contributed by atoms with Gasteiger partial charge >= 0.3 is 0 Å². The third-order valence-corrected chi connectivity index (χ3v) is 3.52. The molecule has 0 aliphatic rings. The highest BCUT2D eigenvalue weighted by atomic mass is 35.5. The second-order valence-corrected chi connectivity index (χ2v) is 5.29. The lowest BCUT2D eigenvalue weighted by Crippen LogP contribution is -1.94. The van der Waals surface area contributed by atoms with Crippen molar-refractivity contribution in [2.24, 2.45) is 0 Å². The maximum atomic E-state index is 13.7. The van der Waals surface area contributed by atoms with Crippen LogP contribution in [-0.4, -0.2) is 10.2 Å². The summed E-state index contributed by atoms with van der Waals surface area (Å²) in [6, 6.07) is 3.02. The molecule has 2 nitrogen and oxygen atoms in total. The molecule has 0 unspecified atom stereocenters. The lowest BCUT2D eigenvalue weighted by atomic mass is 10.1. The summed E-state index contributed by atoms with van der Waals surface area (Å²) >= 11 is 13.0. The Kier molecular flexibility index (Phi) is 3.42. The predicted molar refractivity (Wildman–Crippen MR) is 63.9 cm³/mol. The van der Waals surface area contributed by atoms with Gasteiger partial charge in [0.15, 0.2) is 0 Å². The zero-order valence-corrected chi connectivity index (χ0v) is 10.6. The van der Waals surface area contributed by atoms with E-state index in [0.29, 0.717) is 17.0 Å². The number of aryl methyl sites for hydroxylation is 1. The molecule has 0 saturated carbocycles. The molecule has 84 valence electrons. The first-order valence-electron chi connectivity index (χ1n) is 4.49. The maximum Gasteiger partial charge on any atom is 0.146 e. The summed E-state index contributed by atoms with van der Waals surface area (Å²) in [5.74, 6) is -0.484. The minimum absolute atomic E-state index is 0.0700. The second-order valence-electron chi connectivity index (χ2n) is 3.21. The third-order valence-electron chi connectivity index (χ3n) is 2.03. The molecule has 6 heteroatoms. The zero-order chi connectivity index (χ0) is 11.7. The van der Waals surface area contributed by atoms with Crippen molar-refractivity contribution in [1.82, 2.24) is 10.2 Å². The van der Waals surface area contributed by atoms with E-state index in [4.69, 9.17) is 23.2 Å². The Hall–Kier alpha value is -0.710. The van der Waals surface area contributed by atoms with Crippen LogP contribution in [0.2, 0.25) is 10.0 Å². The van der Waals surface area contributed by atoms with Crippen LogP contribution in [0.4, 0.5) is 4.39 Å². The number of hydrogen-bond donors (Lipinski definition) is 0. The van der Waals surface area contributed by atoms with E-state index in [1.54, 1.807) is 6.07 Å². The summed E-state index contributed by atoms with van der Waals surface area (Å²) in [7, 11) is 0. The van der Waals surface area contributed by atoms with Crippen LogP contribution in [0.3, 0.4) is 0 Å². The van der Waals surface area contributed by atoms with Crippen LogP contribution in [0.1, 0.15) is 15.6 Å². The fraction of sp³-hybridized carbons (Fsp3) is 0.200. The molecule has 0 amide bonds. The van der Waals surface area contributed by atoms with E-state index in [-0.39, 0.29) is 5.02 Å². The lowest BCUT2D eigenvalue weighted by molar-refractivity contribution is 0.614. The van der Waals surface area contributed by atoms with Crippen LogP contribution >= 0.6 is 34.5 Å². The lowest BCUT2D eigenvalue weighted by Gasteiger charge is -2.04. The van der Waals surface area contributed by atoms with Crippen LogP contribution in [0.5, 0.6) is 0 Å². The average Bonchev–Trinajstić information content (AvgIpc) is 2.65. The standard InChI is InChI=1S/C10H7Cl2FN2S/c1-5-14-15-9(16-5)4-6-7(11)2-3-8(12)10(6)13/h2-3H,4H2,1H3. The molecule has 0 saturated heterocycles. The molecule has 0 N–H and O–H groups in total. The van der Waals surface area contributed by atoms with E-state index in [0.717, 1.165) is 10.0 Å². The van der Waals surface area contributed by atoms with Crippen LogP contribution in [0.25, 0.3) is 0 Å². The molecule has 1 aromatic heterocycles. The molecule has 2 aromatic rings. The first-order chi connectivity index (χ1) is 7.58. The summed E-state index contributed by atoms with van der Waals surface area (Å²) < 4.78 is 13.7. The van der Waals surface area contributed by atoms with Gasteiger partial charge in [-0.25, -0.2) is 4.39 Å². The van der Waals surface area contributed by atoms with Crippen molar-refractivity contribution >= 4 is 34.5 Å². The van der Waals surface area contributed by atoms with Crippen LogP contribution in [-0.2, 0) is 6.42 Å². The Morgan fingerprint density at radius 1 is 1.25 bits per heavy atom. The van der Waals surface area contributed by atoms with Gasteiger partial charge in [0, 0.05) is 17.0 Å². The summed E-state index contributed by atoms with van der Waals surface area (Å²) in [5, 5.41) is 9.78. The Labute approximate surface area is 106 Å². The molecule has 1 aromatic carbocycles. The number of aromatic nitrogens is 2. The van der Waals surface area contributed by atoms with Gasteiger partial charge in [0.2, 0.25) is 0 Å². The fourth-order valence-corrected chi connectivity index (χ4v) is 2.40. The number of nitrogens with zero attached hydrogens (tertiary/aromatic N) is 2. The Bertz CT molecular complexity index is 528. The minimum Gasteiger partial charge on any atom is -0.205 e. The molecule has 0 fully saturated rings. The van der Waals surface area contributed by atoms with E-state index in [2.05, 4.69) is 10.2 Å². The molecule has 1 heterocycles. The van der Waals surface area contributed by atoms with Crippen LogP contribution in [0, 0.1) is 12.7 Å². The van der Waals surface area contributed by atoms with Crippen LogP contribution < -0.4 is 0 Å². The smallest absolute Gasteiger partial charge is 0.146 e. The van der Waals surface area contributed by atoms with Gasteiger partial charge < -0.3 is 0 Å². The molecule has 0 aliphatic heterocycles. The van der Waals surface area contributed by atoms with Gasteiger partial charge in [-0.05, 0) is 19.1 Å². The van der Waals surface area contributed by atoms with Crippen molar-refractivity contribution in [2.75, 3.05) is 0 Å². The molecule has 0 aliphatic carbocycles. The Morgan fingerprint density at radius 2 is 1.94 bits per heavy atom. The van der Waals surface area contributed by atoms with Gasteiger partial charge in [0.1, 0.15) is 15.8 Å². The van der Waals surface area contributed by atoms with Crippen molar-refractivity contribution in [3.05, 3.63) is 43.6 Å². The Morgan fingerprint density at radius 3 is 2.56 bits per heavy atom. The predicted octanol–water partition coefficient (Wildman–Crippen LogP) is 3.88. The van der Waals surface area contributed by atoms with Gasteiger partial charge in [-0.3, -0.25) is 0 Å². The molecule has 0 radical (unpaired) electrons. The van der Waals surface area contributed by atoms with Crippen molar-refractivity contribution in [3.8, 4) is 0 Å². The molecular weight excluding hydrogens is 270 g/mol. The Balaban J connectivity index is 2.37. The van der Waals surface area contributed by atoms with Gasteiger partial charge in [-0.2, -0.15) is 0 Å². The number of benzene rings is 1. The topological polar surface area (TPSA) is 25.8 Å². The van der Waals surface area contributed by atoms with E-state index in [1.807, 2.05) is 6.92 Å². The van der Waals surface area contributed by atoms with Gasteiger partial charge in [-0.1, -0.05) is 23.2 Å². The fourth-order valence-electron chi connectivity index (χ4n) is 1.29. The molecule has 0 atom stereocenters. The molecule has 2 rings (SSSR count). The van der Waals surface area contributed by atoms with Gasteiger partial charge in [0.25, 0.3) is 0 Å². The molecule has 0 spiro atoms. The van der Waals surface area contributed by atoms with E-state index in [1.165, 1.54) is 17.4 Å². The first kappa shape index (κ1) is 11.8. The first-order valence-corrected chi connectivity index (χ1v) is 6.06. The molecule has 0 bridgehead atoms. The van der Waals surface area contributed by atoms with Crippen LogP contribution in [0.15, 0.2) is 12.1 Å². The summed E-state index contributed by atoms with van der Waals surface area (Å²) in [6.45, 7) is 1.84. The van der Waals surface area contributed by atoms with Gasteiger partial charge in [-0.15, -0.1) is 21.5 Å². The van der Waals surface area contributed by atoms with Crippen molar-refractivity contribution < 1.29 is 4.39 Å². The molecular formula is C10H7Cl2FN2S. The summed E-state index contributed by atoms with van der Waals surface area (Å²) in [6.07, 6.45) is 0.316. The highest BCUT2D eigenvalue weighted by molar-refractivity contribution is 7.11. The third kappa shape index (κ3) is 2.34. The number of rotatable bonds is 2. The normalized spacial score (nSPS) is 10.8. The quantitative estimate of drug-likeness (QED) is 0.778. The highest BCUT2D eigenvalue weighted by Gasteiger charge is 2.13. The monoisotopic (exact) mass is 276 g/mol. The average molecular weight is 277 g/mol. The summed E-state index contributed by atoms with van der Waals surface area (Å²) in [5.41, 5.74) is 0.366. The molecule has 16 heavy (non-hydrogen) atoms. The van der Waals surface area contributed by atoms with E-state index in [9.17, 15) is 4.39 Å². The SMILES string of the molecule is Cc1nnc(Cc2c(Cl)ccc(Cl)c2F)s1. The van der Waals surface area contributed by atoms with Crippen molar-refractivity contribution in [3.63, 3.8) is 0 Å². The van der Waals surface area contributed by atoms with Crippen molar-refractivity contribution in [1.29, 1.82) is 0 Å². The number of hydrogen-bond acceptors (Lipinski definition) is 3. The maximum absolute atomic E-state index is 13.7. The minimum atomic E-state index is -0.484. The number of halogens is 3. The highest BCUT2D eigenvalue weighted by Crippen LogP contribution is 2.28. The van der Waals surface area contributed by atoms with Gasteiger partial charge in [0.05, 0.1) is 5.02 Å². The largest absolute Gasteiger partial charge is 0.205 e. The van der Waals surface area contributed by atoms with Crippen molar-refractivity contribution in [2.45, 2.75) is 13.3 Å². The second kappa shape index (κ2) is 4.65. The summed E-state index contributed by atoms with van der Waals surface area (Å²) in [4.78, 5) is 0. The van der Waals surface area contributed by atoms with E-state index < -0.39 is 5.82 Å². The van der Waals surface area contributed by atoms with E-state index >= 15 is 0 Å². The zero-order valence-electron chi connectivity index (χ0n) is 8.30.